The maximum atomic E-state index is 6.69. The second-order valence-corrected chi connectivity index (χ2v) is 13.5. The van der Waals surface area contributed by atoms with E-state index in [1.54, 1.807) is 7.11 Å². The summed E-state index contributed by atoms with van der Waals surface area (Å²) in [7, 11) is 0.118. The molecule has 3 aromatic rings. The molecule has 0 radical (unpaired) electrons. The summed E-state index contributed by atoms with van der Waals surface area (Å²) in [5, 5.41) is 0. The number of fused-ring (bicyclic) bond motifs is 1. The van der Waals surface area contributed by atoms with Crippen LogP contribution in [0.4, 0.5) is 0 Å². The molecule has 3 heteroatoms. The number of methoxy groups -OCH3 is 1. The summed E-state index contributed by atoms with van der Waals surface area (Å²) in [5.74, 6) is 2.73. The summed E-state index contributed by atoms with van der Waals surface area (Å²) >= 11 is 0. The maximum absolute atomic E-state index is 6.69. The highest BCUT2D eigenvalue weighted by Gasteiger charge is 2.32. The first-order valence-electron chi connectivity index (χ1n) is 11.6. The maximum Gasteiger partial charge on any atom is 0.135 e. The van der Waals surface area contributed by atoms with Crippen molar-refractivity contribution in [1.29, 1.82) is 0 Å². The third-order valence-electron chi connectivity index (χ3n) is 6.85. The molecular weight excluding hydrogens is 408 g/mol. The van der Waals surface area contributed by atoms with Crippen LogP contribution in [-0.2, 0) is 0 Å². The molecule has 1 heterocycles. The highest BCUT2D eigenvalue weighted by Crippen LogP contribution is 2.47. The molecule has 0 N–H and O–H groups in total. The quantitative estimate of drug-likeness (QED) is 0.347. The summed E-state index contributed by atoms with van der Waals surface area (Å²) in [6.45, 7) is 7.01. The minimum atomic E-state index is -1.59. The molecule has 0 amide bonds. The van der Waals surface area contributed by atoms with Gasteiger partial charge >= 0.3 is 0 Å². The lowest BCUT2D eigenvalue weighted by Crippen LogP contribution is -2.30. The topological polar surface area (TPSA) is 18.5 Å². The molecule has 3 aromatic carbocycles. The van der Waals surface area contributed by atoms with Crippen LogP contribution in [0.1, 0.15) is 37.5 Å². The Morgan fingerprint density at radius 1 is 0.750 bits per heavy atom. The van der Waals surface area contributed by atoms with E-state index < -0.39 is 8.07 Å². The second kappa shape index (κ2) is 9.62. The minimum absolute atomic E-state index is 0.833. The lowest BCUT2D eigenvalue weighted by molar-refractivity contribution is 0.410. The van der Waals surface area contributed by atoms with E-state index in [-0.39, 0.29) is 0 Å². The van der Waals surface area contributed by atoms with Gasteiger partial charge in [0.1, 0.15) is 17.3 Å². The first-order valence-corrected chi connectivity index (χ1v) is 14.3. The lowest BCUT2D eigenvalue weighted by atomic mass is 9.86. The molecule has 0 aliphatic carbocycles. The largest absolute Gasteiger partial charge is 0.497 e. The van der Waals surface area contributed by atoms with E-state index in [0.717, 1.165) is 22.8 Å². The summed E-state index contributed by atoms with van der Waals surface area (Å²) in [4.78, 5) is 0. The Morgan fingerprint density at radius 3 is 1.84 bits per heavy atom. The van der Waals surface area contributed by atoms with Crippen molar-refractivity contribution in [3.8, 4) is 11.5 Å². The number of benzene rings is 3. The fourth-order valence-corrected chi connectivity index (χ4v) is 7.45. The average Bonchev–Trinajstić information content (AvgIpc) is 2.87. The van der Waals surface area contributed by atoms with Crippen molar-refractivity contribution in [2.24, 2.45) is 0 Å². The molecule has 32 heavy (non-hydrogen) atoms. The van der Waals surface area contributed by atoms with Gasteiger partial charge < -0.3 is 9.47 Å². The summed E-state index contributed by atoms with van der Waals surface area (Å²) in [6, 6.07) is 31.1. The van der Waals surface area contributed by atoms with Crippen molar-refractivity contribution >= 4 is 19.2 Å². The van der Waals surface area contributed by atoms with Gasteiger partial charge in [0.15, 0.2) is 0 Å². The smallest absolute Gasteiger partial charge is 0.135 e. The molecule has 0 fully saturated rings. The number of allylic oxidation sites excluding steroid dienone is 1. The number of hydrogen-bond donors (Lipinski definition) is 0. The number of rotatable bonds is 7. The van der Waals surface area contributed by atoms with Crippen molar-refractivity contribution in [2.45, 2.75) is 38.9 Å². The van der Waals surface area contributed by atoms with Crippen LogP contribution in [0.3, 0.4) is 0 Å². The van der Waals surface area contributed by atoms with E-state index in [1.165, 1.54) is 40.4 Å². The predicted molar refractivity (Wildman–Crippen MR) is 138 cm³/mol. The first kappa shape index (κ1) is 22.2. The predicted octanol–water partition coefficient (Wildman–Crippen LogP) is 7.98. The zero-order valence-electron chi connectivity index (χ0n) is 19.5. The van der Waals surface area contributed by atoms with Gasteiger partial charge in [-0.25, -0.2) is 0 Å². The van der Waals surface area contributed by atoms with Crippen molar-refractivity contribution in [3.05, 3.63) is 107 Å². The Bertz CT molecular complexity index is 1120. The molecule has 0 unspecified atom stereocenters. The normalized spacial score (nSPS) is 14.8. The summed E-state index contributed by atoms with van der Waals surface area (Å²) in [6.07, 6.45) is 0. The SMILES string of the molecule is CC[Si](/C=C1\Oc2ccc(OC)cc2C(c2ccccc2)=C1c1ccccc1)(CC)CC. The molecule has 2 nitrogen and oxygen atoms in total. The minimum Gasteiger partial charge on any atom is -0.497 e. The highest BCUT2D eigenvalue weighted by atomic mass is 28.3. The van der Waals surface area contributed by atoms with Gasteiger partial charge in [0.05, 0.1) is 15.2 Å². The zero-order valence-corrected chi connectivity index (χ0v) is 20.5. The zero-order chi connectivity index (χ0) is 22.6. The van der Waals surface area contributed by atoms with Gasteiger partial charge in [0, 0.05) is 16.7 Å². The van der Waals surface area contributed by atoms with Gasteiger partial charge in [-0.2, -0.15) is 0 Å². The third kappa shape index (κ3) is 4.17. The molecule has 1 aliphatic rings. The van der Waals surface area contributed by atoms with Crippen LogP contribution in [0.5, 0.6) is 11.5 Å². The molecule has 0 saturated carbocycles. The second-order valence-electron chi connectivity index (χ2n) is 8.38. The molecule has 0 atom stereocenters. The molecule has 0 aromatic heterocycles. The fourth-order valence-electron chi connectivity index (χ4n) is 4.58. The van der Waals surface area contributed by atoms with E-state index in [9.17, 15) is 0 Å². The molecule has 164 valence electrons. The van der Waals surface area contributed by atoms with Gasteiger partial charge in [-0.05, 0) is 29.3 Å². The Hall–Kier alpha value is -3.04. The van der Waals surface area contributed by atoms with Crippen LogP contribution in [0, 0.1) is 0 Å². The first-order chi connectivity index (χ1) is 15.6. The number of ether oxygens (including phenoxy) is 2. The van der Waals surface area contributed by atoms with Crippen LogP contribution in [-0.4, -0.2) is 15.2 Å². The summed E-state index contributed by atoms with van der Waals surface area (Å²) in [5.41, 5.74) is 8.33. The summed E-state index contributed by atoms with van der Waals surface area (Å²) < 4.78 is 12.3. The van der Waals surface area contributed by atoms with Crippen LogP contribution < -0.4 is 9.47 Å². The van der Waals surface area contributed by atoms with Gasteiger partial charge in [0.2, 0.25) is 0 Å². The number of hydrogen-bond acceptors (Lipinski definition) is 2. The third-order valence-corrected chi connectivity index (χ3v) is 11.9. The fraction of sp³-hybridized carbons (Fsp3) is 0.241. The molecule has 1 aliphatic heterocycles. The van der Waals surface area contributed by atoms with E-state index in [0.29, 0.717) is 0 Å². The van der Waals surface area contributed by atoms with Crippen molar-refractivity contribution < 1.29 is 9.47 Å². The van der Waals surface area contributed by atoms with E-state index >= 15 is 0 Å². The Balaban J connectivity index is 2.09. The Kier molecular flexibility index (Phi) is 6.66. The molecule has 4 rings (SSSR count). The van der Waals surface area contributed by atoms with E-state index in [4.69, 9.17) is 9.47 Å². The van der Waals surface area contributed by atoms with Crippen LogP contribution in [0.2, 0.25) is 18.1 Å². The van der Waals surface area contributed by atoms with Gasteiger partial charge in [-0.15, -0.1) is 0 Å². The van der Waals surface area contributed by atoms with E-state index in [2.05, 4.69) is 93.2 Å². The standard InChI is InChI=1S/C29H32O2Si/c1-5-32(6-2,7-3)21-27-29(23-16-12-9-13-17-23)28(22-14-10-8-11-15-22)25-20-24(30-4)18-19-26(25)31-27/h8-21H,5-7H2,1-4H3/b27-21-. The van der Waals surface area contributed by atoms with Gasteiger partial charge in [0.25, 0.3) is 0 Å². The Labute approximate surface area is 193 Å². The molecular formula is C29H32O2Si. The van der Waals surface area contributed by atoms with E-state index in [1.807, 2.05) is 12.1 Å². The monoisotopic (exact) mass is 440 g/mol. The molecule has 0 spiro atoms. The van der Waals surface area contributed by atoms with Gasteiger partial charge in [-0.3, -0.25) is 0 Å². The molecule has 0 saturated heterocycles. The lowest BCUT2D eigenvalue weighted by Gasteiger charge is -2.31. The average molecular weight is 441 g/mol. The Morgan fingerprint density at radius 2 is 1.31 bits per heavy atom. The van der Waals surface area contributed by atoms with Crippen LogP contribution >= 0.6 is 0 Å². The van der Waals surface area contributed by atoms with Crippen molar-refractivity contribution in [1.82, 2.24) is 0 Å². The van der Waals surface area contributed by atoms with Crippen LogP contribution in [0.15, 0.2) is 90.3 Å². The van der Waals surface area contributed by atoms with Crippen molar-refractivity contribution in [2.75, 3.05) is 7.11 Å². The highest BCUT2D eigenvalue weighted by molar-refractivity contribution is 6.84. The van der Waals surface area contributed by atoms with Gasteiger partial charge in [-0.1, -0.05) is 105 Å². The molecule has 0 bridgehead atoms. The van der Waals surface area contributed by atoms with Crippen molar-refractivity contribution in [3.63, 3.8) is 0 Å². The van der Waals surface area contributed by atoms with Crippen LogP contribution in [0.25, 0.3) is 11.1 Å².